The maximum atomic E-state index is 3.71. The summed E-state index contributed by atoms with van der Waals surface area (Å²) in [7, 11) is 0. The number of rotatable bonds is 3. The van der Waals surface area contributed by atoms with Gasteiger partial charge in [-0.1, -0.05) is 20.8 Å². The smallest absolute Gasteiger partial charge is 0.0285 e. The first kappa shape index (κ1) is 13.7. The van der Waals surface area contributed by atoms with Crippen LogP contribution in [0.15, 0.2) is 0 Å². The molecule has 2 rings (SSSR count). The van der Waals surface area contributed by atoms with Gasteiger partial charge in [0.05, 0.1) is 0 Å². The summed E-state index contributed by atoms with van der Waals surface area (Å²) in [5.41, 5.74) is 0.370. The highest BCUT2D eigenvalue weighted by Gasteiger charge is 2.45. The van der Waals surface area contributed by atoms with Crippen molar-refractivity contribution in [2.24, 2.45) is 5.41 Å². The van der Waals surface area contributed by atoms with E-state index in [1.807, 2.05) is 0 Å². The molecule has 1 saturated carbocycles. The lowest BCUT2D eigenvalue weighted by molar-refractivity contribution is 0.0926. The van der Waals surface area contributed by atoms with Crippen LogP contribution in [-0.4, -0.2) is 47.6 Å². The van der Waals surface area contributed by atoms with Crippen molar-refractivity contribution in [3.63, 3.8) is 0 Å². The first-order chi connectivity index (χ1) is 7.86. The third-order valence-corrected chi connectivity index (χ3v) is 5.88. The van der Waals surface area contributed by atoms with Crippen molar-refractivity contribution in [1.29, 1.82) is 0 Å². The number of nitrogens with zero attached hydrogens (tertiary/aromatic N) is 1. The molecule has 100 valence electrons. The van der Waals surface area contributed by atoms with Crippen molar-refractivity contribution < 1.29 is 0 Å². The van der Waals surface area contributed by atoms with Crippen molar-refractivity contribution in [3.8, 4) is 0 Å². The lowest BCUT2D eigenvalue weighted by Gasteiger charge is -2.45. The van der Waals surface area contributed by atoms with Gasteiger partial charge in [-0.15, -0.1) is 0 Å². The van der Waals surface area contributed by atoms with Crippen LogP contribution < -0.4 is 5.32 Å². The third kappa shape index (κ3) is 3.18. The Bertz CT molecular complexity index is 268. The van der Waals surface area contributed by atoms with E-state index in [0.29, 0.717) is 22.2 Å². The van der Waals surface area contributed by atoms with Gasteiger partial charge in [0.2, 0.25) is 0 Å². The highest BCUT2D eigenvalue weighted by molar-refractivity contribution is 8.00. The second-order valence-corrected chi connectivity index (χ2v) is 8.27. The van der Waals surface area contributed by atoms with Gasteiger partial charge in [0, 0.05) is 36.5 Å². The zero-order valence-corrected chi connectivity index (χ0v) is 12.9. The van der Waals surface area contributed by atoms with Gasteiger partial charge in [0.1, 0.15) is 0 Å². The van der Waals surface area contributed by atoms with Gasteiger partial charge in [-0.05, 0) is 31.4 Å². The third-order valence-electron chi connectivity index (χ3n) is 4.48. The maximum Gasteiger partial charge on any atom is 0.0285 e. The van der Waals surface area contributed by atoms with Crippen molar-refractivity contribution in [2.75, 3.05) is 25.9 Å². The summed E-state index contributed by atoms with van der Waals surface area (Å²) < 4.78 is 0.605. The SMILES string of the molecule is CSC1(CN2CC(C(C)(C)C)NCC2C)CC1. The Morgan fingerprint density at radius 2 is 2.00 bits per heavy atom. The van der Waals surface area contributed by atoms with Gasteiger partial charge in [0.15, 0.2) is 0 Å². The number of hydrogen-bond acceptors (Lipinski definition) is 3. The zero-order valence-electron chi connectivity index (χ0n) is 12.0. The van der Waals surface area contributed by atoms with Crippen LogP contribution in [0.5, 0.6) is 0 Å². The van der Waals surface area contributed by atoms with Crippen LogP contribution in [0.2, 0.25) is 0 Å². The minimum Gasteiger partial charge on any atom is -0.311 e. The molecule has 2 nitrogen and oxygen atoms in total. The summed E-state index contributed by atoms with van der Waals surface area (Å²) in [6, 6.07) is 1.33. The van der Waals surface area contributed by atoms with E-state index in [9.17, 15) is 0 Å². The van der Waals surface area contributed by atoms with Crippen LogP contribution in [0.4, 0.5) is 0 Å². The summed E-state index contributed by atoms with van der Waals surface area (Å²) in [6.45, 7) is 13.1. The highest BCUT2D eigenvalue weighted by Crippen LogP contribution is 2.48. The first-order valence-corrected chi connectivity index (χ1v) is 8.11. The molecule has 2 aliphatic rings. The molecule has 1 saturated heterocycles. The molecule has 0 bridgehead atoms. The Balaban J connectivity index is 1.95. The quantitative estimate of drug-likeness (QED) is 0.835. The Kier molecular flexibility index (Phi) is 3.82. The molecule has 1 heterocycles. The molecule has 2 atom stereocenters. The molecular formula is C14H28N2S. The first-order valence-electron chi connectivity index (χ1n) is 6.89. The summed E-state index contributed by atoms with van der Waals surface area (Å²) in [6.07, 6.45) is 5.12. The van der Waals surface area contributed by atoms with E-state index in [0.717, 1.165) is 6.54 Å². The van der Waals surface area contributed by atoms with Crippen LogP contribution in [0.1, 0.15) is 40.5 Å². The standard InChI is InChI=1S/C14H28N2S/c1-11-8-15-12(13(2,3)4)9-16(11)10-14(17-5)6-7-14/h11-12,15H,6-10H2,1-5H3. The van der Waals surface area contributed by atoms with E-state index >= 15 is 0 Å². The molecule has 1 aliphatic carbocycles. The van der Waals surface area contributed by atoms with Crippen LogP contribution in [0.3, 0.4) is 0 Å². The summed E-state index contributed by atoms with van der Waals surface area (Å²) >= 11 is 2.08. The van der Waals surface area contributed by atoms with Crippen molar-refractivity contribution >= 4 is 11.8 Å². The minimum atomic E-state index is 0.370. The molecule has 0 aromatic heterocycles. The van der Waals surface area contributed by atoms with E-state index in [1.54, 1.807) is 0 Å². The Morgan fingerprint density at radius 1 is 1.35 bits per heavy atom. The van der Waals surface area contributed by atoms with Gasteiger partial charge < -0.3 is 5.32 Å². The zero-order chi connectivity index (χ0) is 12.7. The fourth-order valence-corrected chi connectivity index (χ4v) is 3.46. The normalized spacial score (nSPS) is 33.7. The molecule has 1 aliphatic heterocycles. The highest BCUT2D eigenvalue weighted by atomic mass is 32.2. The Morgan fingerprint density at radius 3 is 2.47 bits per heavy atom. The van der Waals surface area contributed by atoms with Gasteiger partial charge in [0.25, 0.3) is 0 Å². The van der Waals surface area contributed by atoms with E-state index in [1.165, 1.54) is 25.9 Å². The molecule has 0 aromatic carbocycles. The second kappa shape index (κ2) is 4.75. The minimum absolute atomic E-state index is 0.370. The molecule has 2 unspecified atom stereocenters. The predicted octanol–water partition coefficient (Wildman–Crippen LogP) is 2.59. The monoisotopic (exact) mass is 256 g/mol. The molecular weight excluding hydrogens is 228 g/mol. The van der Waals surface area contributed by atoms with Crippen molar-refractivity contribution in [1.82, 2.24) is 10.2 Å². The lowest BCUT2D eigenvalue weighted by atomic mass is 9.84. The predicted molar refractivity (Wildman–Crippen MR) is 77.8 cm³/mol. The van der Waals surface area contributed by atoms with Crippen molar-refractivity contribution in [3.05, 3.63) is 0 Å². The molecule has 1 N–H and O–H groups in total. The summed E-state index contributed by atoms with van der Waals surface area (Å²) in [5.74, 6) is 0. The van der Waals surface area contributed by atoms with Gasteiger partial charge in [-0.3, -0.25) is 4.90 Å². The van der Waals surface area contributed by atoms with Gasteiger partial charge in [-0.25, -0.2) is 0 Å². The summed E-state index contributed by atoms with van der Waals surface area (Å²) in [5, 5.41) is 3.71. The van der Waals surface area contributed by atoms with E-state index in [2.05, 4.69) is 55.9 Å². The average Bonchev–Trinajstić information content (AvgIpc) is 3.00. The molecule has 0 amide bonds. The van der Waals surface area contributed by atoms with Gasteiger partial charge >= 0.3 is 0 Å². The molecule has 3 heteroatoms. The van der Waals surface area contributed by atoms with E-state index in [4.69, 9.17) is 0 Å². The Labute approximate surface area is 111 Å². The van der Waals surface area contributed by atoms with Crippen LogP contribution in [0.25, 0.3) is 0 Å². The summed E-state index contributed by atoms with van der Waals surface area (Å²) in [4.78, 5) is 2.72. The van der Waals surface area contributed by atoms with E-state index in [-0.39, 0.29) is 0 Å². The number of thioether (sulfide) groups is 1. The number of nitrogens with one attached hydrogen (secondary N) is 1. The van der Waals surface area contributed by atoms with Crippen LogP contribution >= 0.6 is 11.8 Å². The number of hydrogen-bond donors (Lipinski definition) is 1. The molecule has 0 radical (unpaired) electrons. The molecule has 0 aromatic rings. The fourth-order valence-electron chi connectivity index (χ4n) is 2.66. The molecule has 0 spiro atoms. The fraction of sp³-hybridized carbons (Fsp3) is 1.00. The van der Waals surface area contributed by atoms with Crippen LogP contribution in [-0.2, 0) is 0 Å². The number of piperazine rings is 1. The molecule has 2 fully saturated rings. The molecule has 17 heavy (non-hydrogen) atoms. The topological polar surface area (TPSA) is 15.3 Å². The average molecular weight is 256 g/mol. The largest absolute Gasteiger partial charge is 0.311 e. The Hall–Kier alpha value is 0.270. The van der Waals surface area contributed by atoms with Crippen molar-refractivity contribution in [2.45, 2.75) is 57.4 Å². The van der Waals surface area contributed by atoms with Crippen LogP contribution in [0, 0.1) is 5.41 Å². The van der Waals surface area contributed by atoms with E-state index < -0.39 is 0 Å². The second-order valence-electron chi connectivity index (χ2n) is 6.99. The lowest BCUT2D eigenvalue weighted by Crippen LogP contribution is -2.60. The maximum absolute atomic E-state index is 3.71. The van der Waals surface area contributed by atoms with Gasteiger partial charge in [-0.2, -0.15) is 11.8 Å².